The number of esters is 1. The van der Waals surface area contributed by atoms with E-state index in [-0.39, 0.29) is 20.5 Å². The molecule has 0 saturated carbocycles. The van der Waals surface area contributed by atoms with Gasteiger partial charge in [-0.15, -0.1) is 0 Å². The maximum atomic E-state index is 12.5. The van der Waals surface area contributed by atoms with Crippen LogP contribution in [0.4, 0.5) is 5.69 Å². The molecule has 1 atom stereocenters. The number of carbonyl (C=O) groups excluding carboxylic acids is 2. The summed E-state index contributed by atoms with van der Waals surface area (Å²) in [5.74, 6) is -1.86. The van der Waals surface area contributed by atoms with Gasteiger partial charge in [0.2, 0.25) is 5.75 Å². The van der Waals surface area contributed by atoms with Gasteiger partial charge in [-0.25, -0.2) is 4.79 Å². The van der Waals surface area contributed by atoms with E-state index in [0.717, 1.165) is 22.7 Å². The quantitative estimate of drug-likeness (QED) is 0.261. The second-order valence-corrected chi connectivity index (χ2v) is 6.77. The van der Waals surface area contributed by atoms with Gasteiger partial charge in [-0.1, -0.05) is 24.0 Å². The summed E-state index contributed by atoms with van der Waals surface area (Å²) < 4.78 is 9.71. The van der Waals surface area contributed by atoms with Gasteiger partial charge in [-0.2, -0.15) is 0 Å². The summed E-state index contributed by atoms with van der Waals surface area (Å²) in [6.07, 6.45) is 1.37. The van der Waals surface area contributed by atoms with Gasteiger partial charge in [-0.3, -0.25) is 19.8 Å². The summed E-state index contributed by atoms with van der Waals surface area (Å²) in [5.41, 5.74) is -0.299. The molecule has 26 heavy (non-hydrogen) atoms. The fourth-order valence-electron chi connectivity index (χ4n) is 2.23. The smallest absolute Gasteiger partial charge is 0.328 e. The number of phenols is 1. The highest BCUT2D eigenvalue weighted by molar-refractivity contribution is 8.26. The number of carbonyl (C=O) groups is 2. The van der Waals surface area contributed by atoms with Crippen molar-refractivity contribution in [2.45, 2.75) is 13.0 Å². The summed E-state index contributed by atoms with van der Waals surface area (Å²) in [5, 5.41) is 20.9. The first-order valence-electron chi connectivity index (χ1n) is 7.11. The number of aromatic hydroxyl groups is 1. The molecule has 0 unspecified atom stereocenters. The highest BCUT2D eigenvalue weighted by Gasteiger charge is 2.38. The Bertz CT molecular complexity index is 838. The molecule has 1 N–H and O–H groups in total. The molecule has 0 spiro atoms. The van der Waals surface area contributed by atoms with E-state index < -0.39 is 34.3 Å². The van der Waals surface area contributed by atoms with Gasteiger partial charge in [0.25, 0.3) is 5.91 Å². The minimum Gasteiger partial charge on any atom is -0.500 e. The fourth-order valence-corrected chi connectivity index (χ4v) is 3.65. The first kappa shape index (κ1) is 19.7. The molecule has 1 saturated heterocycles. The van der Waals surface area contributed by atoms with Crippen molar-refractivity contribution in [3.8, 4) is 11.5 Å². The highest BCUT2D eigenvalue weighted by Crippen LogP contribution is 2.39. The number of nitro benzene ring substituents is 1. The Labute approximate surface area is 157 Å². The average Bonchev–Trinajstić information content (AvgIpc) is 2.88. The number of rotatable bonds is 5. The van der Waals surface area contributed by atoms with Gasteiger partial charge in [-0.05, 0) is 24.6 Å². The second kappa shape index (κ2) is 7.70. The first-order chi connectivity index (χ1) is 12.2. The third-order valence-electron chi connectivity index (χ3n) is 3.54. The van der Waals surface area contributed by atoms with Crippen LogP contribution in [0, 0.1) is 10.1 Å². The predicted octanol–water partition coefficient (Wildman–Crippen LogP) is 2.07. The van der Waals surface area contributed by atoms with Crippen LogP contribution in [0.2, 0.25) is 0 Å². The zero-order valence-electron chi connectivity index (χ0n) is 13.9. The van der Waals surface area contributed by atoms with E-state index in [1.807, 2.05) is 0 Å². The maximum Gasteiger partial charge on any atom is 0.328 e. The lowest BCUT2D eigenvalue weighted by Crippen LogP contribution is -2.42. The zero-order chi connectivity index (χ0) is 19.6. The monoisotopic (exact) mass is 398 g/mol. The van der Waals surface area contributed by atoms with Crippen LogP contribution in [0.3, 0.4) is 0 Å². The predicted molar refractivity (Wildman–Crippen MR) is 97.8 cm³/mol. The standard InChI is InChI=1S/C15H14N2O7S2/c1-7(14(20)24-3)16-13(19)11(26-15(16)25)6-8-4-9(17(21)22)12(18)10(5-8)23-2/h4-7,18H,1-3H3/b11-6-/t7-/m0/s1. The minimum atomic E-state index is -0.901. The summed E-state index contributed by atoms with van der Waals surface area (Å²) in [6, 6.07) is 1.55. The minimum absolute atomic E-state index is 0.108. The Balaban J connectivity index is 2.43. The van der Waals surface area contributed by atoms with Crippen molar-refractivity contribution >= 4 is 51.9 Å². The molecule has 1 aromatic carbocycles. The number of benzene rings is 1. The number of methoxy groups -OCH3 is 2. The summed E-state index contributed by atoms with van der Waals surface area (Å²) in [6.45, 7) is 1.48. The molecular formula is C15H14N2O7S2. The summed E-state index contributed by atoms with van der Waals surface area (Å²) in [7, 11) is 2.45. The van der Waals surface area contributed by atoms with E-state index >= 15 is 0 Å². The van der Waals surface area contributed by atoms with E-state index in [1.165, 1.54) is 33.3 Å². The molecule has 1 amide bonds. The Morgan fingerprint density at radius 3 is 2.65 bits per heavy atom. The molecular weight excluding hydrogens is 384 g/mol. The topological polar surface area (TPSA) is 119 Å². The third kappa shape index (κ3) is 3.63. The lowest BCUT2D eigenvalue weighted by molar-refractivity contribution is -0.386. The Morgan fingerprint density at radius 2 is 2.12 bits per heavy atom. The number of nitrogens with zero attached hydrogens (tertiary/aromatic N) is 2. The van der Waals surface area contributed by atoms with E-state index in [2.05, 4.69) is 4.74 Å². The zero-order valence-corrected chi connectivity index (χ0v) is 15.6. The van der Waals surface area contributed by atoms with E-state index in [1.54, 1.807) is 0 Å². The largest absolute Gasteiger partial charge is 0.500 e. The van der Waals surface area contributed by atoms with Gasteiger partial charge in [0.15, 0.2) is 5.75 Å². The van der Waals surface area contributed by atoms with Crippen LogP contribution in [0.1, 0.15) is 12.5 Å². The molecule has 1 fully saturated rings. The number of thiocarbonyl (C=S) groups is 1. The van der Waals surface area contributed by atoms with Crippen LogP contribution in [-0.2, 0) is 14.3 Å². The second-order valence-electron chi connectivity index (χ2n) is 5.10. The Hall–Kier alpha value is -2.66. The van der Waals surface area contributed by atoms with Crippen molar-refractivity contribution < 1.29 is 29.1 Å². The Kier molecular flexibility index (Phi) is 5.83. The van der Waals surface area contributed by atoms with Gasteiger partial charge >= 0.3 is 11.7 Å². The summed E-state index contributed by atoms with van der Waals surface area (Å²) in [4.78, 5) is 35.8. The summed E-state index contributed by atoms with van der Waals surface area (Å²) >= 11 is 6.09. The normalized spacial score (nSPS) is 16.7. The molecule has 0 aromatic heterocycles. The molecule has 1 heterocycles. The van der Waals surface area contributed by atoms with Crippen molar-refractivity contribution in [2.24, 2.45) is 0 Å². The molecule has 2 rings (SSSR count). The van der Waals surface area contributed by atoms with Crippen LogP contribution in [-0.4, -0.2) is 51.4 Å². The number of amides is 1. The molecule has 11 heteroatoms. The number of nitro groups is 1. The molecule has 0 bridgehead atoms. The van der Waals surface area contributed by atoms with Crippen molar-refractivity contribution in [2.75, 3.05) is 14.2 Å². The molecule has 1 aliphatic rings. The highest BCUT2D eigenvalue weighted by atomic mass is 32.2. The number of ether oxygens (including phenoxy) is 2. The molecule has 9 nitrogen and oxygen atoms in total. The van der Waals surface area contributed by atoms with E-state index in [0.29, 0.717) is 0 Å². The van der Waals surface area contributed by atoms with Crippen molar-refractivity contribution in [1.29, 1.82) is 0 Å². The maximum absolute atomic E-state index is 12.5. The van der Waals surface area contributed by atoms with Gasteiger partial charge in [0.05, 0.1) is 24.0 Å². The van der Waals surface area contributed by atoms with Crippen molar-refractivity contribution in [1.82, 2.24) is 4.90 Å². The molecule has 138 valence electrons. The molecule has 0 radical (unpaired) electrons. The number of hydrogen-bond acceptors (Lipinski definition) is 9. The lowest BCUT2D eigenvalue weighted by Gasteiger charge is -2.20. The van der Waals surface area contributed by atoms with Gasteiger partial charge < -0.3 is 14.6 Å². The van der Waals surface area contributed by atoms with Crippen LogP contribution < -0.4 is 4.74 Å². The molecule has 1 aliphatic heterocycles. The van der Waals surface area contributed by atoms with Crippen molar-refractivity contribution in [3.63, 3.8) is 0 Å². The van der Waals surface area contributed by atoms with Crippen molar-refractivity contribution in [3.05, 3.63) is 32.7 Å². The van der Waals surface area contributed by atoms with Gasteiger partial charge in [0.1, 0.15) is 10.4 Å². The Morgan fingerprint density at radius 1 is 1.46 bits per heavy atom. The average molecular weight is 398 g/mol. The third-order valence-corrected chi connectivity index (χ3v) is 4.88. The number of phenolic OH excluding ortho intramolecular Hbond substituents is 1. The van der Waals surface area contributed by atoms with Gasteiger partial charge in [0, 0.05) is 6.07 Å². The molecule has 1 aromatic rings. The van der Waals surface area contributed by atoms with Crippen LogP contribution in [0.15, 0.2) is 17.0 Å². The fraction of sp³-hybridized carbons (Fsp3) is 0.267. The van der Waals surface area contributed by atoms with E-state index in [4.69, 9.17) is 17.0 Å². The SMILES string of the molecule is COC(=O)[C@H](C)N1C(=O)/C(=C/c2cc(OC)c(O)c([N+](=O)[O-])c2)SC1=S. The number of hydrogen-bond donors (Lipinski definition) is 1. The lowest BCUT2D eigenvalue weighted by atomic mass is 10.1. The van der Waals surface area contributed by atoms with Crippen LogP contribution in [0.5, 0.6) is 11.5 Å². The molecule has 0 aliphatic carbocycles. The van der Waals surface area contributed by atoms with Crippen LogP contribution in [0.25, 0.3) is 6.08 Å². The van der Waals surface area contributed by atoms with Crippen LogP contribution >= 0.6 is 24.0 Å². The van der Waals surface area contributed by atoms with E-state index in [9.17, 15) is 24.8 Å². The number of thioether (sulfide) groups is 1. The first-order valence-corrected chi connectivity index (χ1v) is 8.34.